The van der Waals surface area contributed by atoms with Crippen molar-refractivity contribution in [2.45, 2.75) is 64.2 Å². The number of nitrogens with one attached hydrogen (secondary N) is 2. The summed E-state index contributed by atoms with van der Waals surface area (Å²) in [4.78, 5) is 12.1. The molecule has 1 amide bonds. The van der Waals surface area contributed by atoms with Gasteiger partial charge in [-0.2, -0.15) is 0 Å². The van der Waals surface area contributed by atoms with E-state index in [1.54, 1.807) is 27.5 Å². The summed E-state index contributed by atoms with van der Waals surface area (Å²) < 4.78 is 18.1. The molecular weight excluding hydrogens is 398 g/mol. The Hall–Kier alpha value is -2.81. The minimum Gasteiger partial charge on any atom is -0.493 e. The summed E-state index contributed by atoms with van der Waals surface area (Å²) >= 11 is 0. The molecule has 2 N–H and O–H groups in total. The Bertz CT molecular complexity index is 850. The molecular formula is C22H33N5O4. The van der Waals surface area contributed by atoms with Gasteiger partial charge in [0.1, 0.15) is 0 Å². The number of amides is 1. The van der Waals surface area contributed by atoms with Crippen LogP contribution in [0, 0.1) is 0 Å². The van der Waals surface area contributed by atoms with Crippen LogP contribution in [-0.4, -0.2) is 54.3 Å². The molecule has 9 heteroatoms. The van der Waals surface area contributed by atoms with E-state index >= 15 is 0 Å². The lowest BCUT2D eigenvalue weighted by Crippen LogP contribution is -2.33. The van der Waals surface area contributed by atoms with Crippen LogP contribution in [0.25, 0.3) is 0 Å². The van der Waals surface area contributed by atoms with Crippen LogP contribution >= 0.6 is 0 Å². The summed E-state index contributed by atoms with van der Waals surface area (Å²) in [6.07, 6.45) is 5.79. The molecule has 1 heterocycles. The zero-order valence-corrected chi connectivity index (χ0v) is 19.0. The molecule has 1 fully saturated rings. The fraction of sp³-hybridized carbons (Fsp3) is 0.591. The normalized spacial score (nSPS) is 18.6. The van der Waals surface area contributed by atoms with E-state index in [-0.39, 0.29) is 18.0 Å². The molecule has 1 aliphatic carbocycles. The van der Waals surface area contributed by atoms with Gasteiger partial charge in [-0.1, -0.05) is 5.21 Å². The second-order valence-corrected chi connectivity index (χ2v) is 8.13. The molecule has 0 spiro atoms. The van der Waals surface area contributed by atoms with Crippen molar-refractivity contribution in [1.82, 2.24) is 25.6 Å². The topological polar surface area (TPSA) is 99.5 Å². The Kier molecular flexibility index (Phi) is 7.73. The SMILES string of the molecule is COc1cc(CNC2CCC(n3cc(C(=O)NC(C)C)nn3)CC2)cc(OC)c1OC. The summed E-state index contributed by atoms with van der Waals surface area (Å²) in [6, 6.07) is 4.71. The number of hydrogen-bond donors (Lipinski definition) is 2. The van der Waals surface area contributed by atoms with Gasteiger partial charge in [-0.3, -0.25) is 4.79 Å². The molecule has 0 atom stereocenters. The summed E-state index contributed by atoms with van der Waals surface area (Å²) in [6.45, 7) is 4.57. The van der Waals surface area contributed by atoms with Crippen LogP contribution in [-0.2, 0) is 6.54 Å². The van der Waals surface area contributed by atoms with Crippen molar-refractivity contribution in [2.24, 2.45) is 0 Å². The molecule has 1 aromatic heterocycles. The molecule has 1 aliphatic rings. The molecule has 0 aliphatic heterocycles. The van der Waals surface area contributed by atoms with Gasteiger partial charge in [0.15, 0.2) is 17.2 Å². The molecule has 1 saturated carbocycles. The number of carbonyl (C=O) groups is 1. The molecule has 0 radical (unpaired) electrons. The van der Waals surface area contributed by atoms with Crippen LogP contribution in [0.1, 0.15) is 61.6 Å². The average molecular weight is 432 g/mol. The van der Waals surface area contributed by atoms with E-state index in [2.05, 4.69) is 20.9 Å². The lowest BCUT2D eigenvalue weighted by molar-refractivity contribution is 0.0938. The maximum Gasteiger partial charge on any atom is 0.273 e. The molecule has 1 aromatic carbocycles. The number of methoxy groups -OCH3 is 3. The predicted octanol–water partition coefficient (Wildman–Crippen LogP) is 2.72. The quantitative estimate of drug-likeness (QED) is 0.630. The zero-order chi connectivity index (χ0) is 22.4. The Balaban J connectivity index is 1.53. The third-order valence-corrected chi connectivity index (χ3v) is 5.55. The first-order chi connectivity index (χ1) is 14.9. The van der Waals surface area contributed by atoms with E-state index in [1.807, 2.05) is 30.7 Å². The monoisotopic (exact) mass is 431 g/mol. The highest BCUT2D eigenvalue weighted by Crippen LogP contribution is 2.38. The van der Waals surface area contributed by atoms with Crippen LogP contribution in [0.5, 0.6) is 17.2 Å². The molecule has 170 valence electrons. The van der Waals surface area contributed by atoms with Crippen molar-refractivity contribution in [1.29, 1.82) is 0 Å². The van der Waals surface area contributed by atoms with Crippen molar-refractivity contribution in [3.63, 3.8) is 0 Å². The third-order valence-electron chi connectivity index (χ3n) is 5.55. The average Bonchev–Trinajstić information content (AvgIpc) is 3.27. The molecule has 31 heavy (non-hydrogen) atoms. The highest BCUT2D eigenvalue weighted by Gasteiger charge is 2.24. The fourth-order valence-electron chi connectivity index (χ4n) is 3.94. The van der Waals surface area contributed by atoms with E-state index in [0.717, 1.165) is 37.8 Å². The van der Waals surface area contributed by atoms with Crippen LogP contribution < -0.4 is 24.8 Å². The van der Waals surface area contributed by atoms with Crippen LogP contribution in [0.3, 0.4) is 0 Å². The van der Waals surface area contributed by atoms with Crippen molar-refractivity contribution >= 4 is 5.91 Å². The van der Waals surface area contributed by atoms with Crippen molar-refractivity contribution < 1.29 is 19.0 Å². The molecule has 3 rings (SSSR count). The number of ether oxygens (including phenoxy) is 3. The summed E-state index contributed by atoms with van der Waals surface area (Å²) in [5.74, 6) is 1.74. The number of aromatic nitrogens is 3. The summed E-state index contributed by atoms with van der Waals surface area (Å²) in [5.41, 5.74) is 1.45. The first kappa shape index (κ1) is 22.9. The number of carbonyl (C=O) groups excluding carboxylic acids is 1. The largest absolute Gasteiger partial charge is 0.493 e. The van der Waals surface area contributed by atoms with Gasteiger partial charge >= 0.3 is 0 Å². The van der Waals surface area contributed by atoms with Gasteiger partial charge in [0.05, 0.1) is 33.6 Å². The lowest BCUT2D eigenvalue weighted by Gasteiger charge is -2.29. The second-order valence-electron chi connectivity index (χ2n) is 8.13. The zero-order valence-electron chi connectivity index (χ0n) is 19.0. The Labute approximate surface area is 183 Å². The van der Waals surface area contributed by atoms with Gasteiger partial charge in [-0.25, -0.2) is 4.68 Å². The van der Waals surface area contributed by atoms with Crippen molar-refractivity contribution in [3.8, 4) is 17.2 Å². The van der Waals surface area contributed by atoms with Gasteiger partial charge in [0.2, 0.25) is 5.75 Å². The standard InChI is InChI=1S/C22H33N5O4/c1-14(2)24-22(28)18-13-27(26-25-18)17-8-6-16(7-9-17)23-12-15-10-19(29-3)21(31-5)20(11-15)30-4/h10-11,13-14,16-17,23H,6-9,12H2,1-5H3,(H,24,28). The Morgan fingerprint density at radius 3 is 2.29 bits per heavy atom. The molecule has 2 aromatic rings. The van der Waals surface area contributed by atoms with Gasteiger partial charge in [0, 0.05) is 18.6 Å². The van der Waals surface area contributed by atoms with Crippen LogP contribution in [0.15, 0.2) is 18.3 Å². The molecule has 0 unspecified atom stereocenters. The van der Waals surface area contributed by atoms with E-state index in [9.17, 15) is 4.79 Å². The fourth-order valence-corrected chi connectivity index (χ4v) is 3.94. The maximum atomic E-state index is 12.1. The summed E-state index contributed by atoms with van der Waals surface area (Å²) in [5, 5.41) is 14.7. The highest BCUT2D eigenvalue weighted by molar-refractivity contribution is 5.91. The van der Waals surface area contributed by atoms with E-state index in [4.69, 9.17) is 14.2 Å². The van der Waals surface area contributed by atoms with Crippen molar-refractivity contribution in [3.05, 3.63) is 29.6 Å². The van der Waals surface area contributed by atoms with Gasteiger partial charge in [-0.05, 0) is 57.2 Å². The van der Waals surface area contributed by atoms with Gasteiger partial charge in [-0.15, -0.1) is 5.10 Å². The lowest BCUT2D eigenvalue weighted by atomic mass is 9.91. The number of nitrogens with zero attached hydrogens (tertiary/aromatic N) is 3. The maximum absolute atomic E-state index is 12.1. The highest BCUT2D eigenvalue weighted by atomic mass is 16.5. The number of benzene rings is 1. The number of rotatable bonds is 9. The smallest absolute Gasteiger partial charge is 0.273 e. The number of hydrogen-bond acceptors (Lipinski definition) is 7. The molecule has 0 saturated heterocycles. The minimum absolute atomic E-state index is 0.0739. The van der Waals surface area contributed by atoms with Gasteiger partial charge < -0.3 is 24.8 Å². The molecule has 0 bridgehead atoms. The minimum atomic E-state index is -0.179. The molecule has 9 nitrogen and oxygen atoms in total. The first-order valence-corrected chi connectivity index (χ1v) is 10.7. The second kappa shape index (κ2) is 10.5. The summed E-state index contributed by atoms with van der Waals surface area (Å²) in [7, 11) is 4.85. The predicted molar refractivity (Wildman–Crippen MR) is 117 cm³/mol. The third kappa shape index (κ3) is 5.66. The van der Waals surface area contributed by atoms with E-state index in [1.165, 1.54) is 0 Å². The Morgan fingerprint density at radius 2 is 1.74 bits per heavy atom. The van der Waals surface area contributed by atoms with E-state index < -0.39 is 0 Å². The van der Waals surface area contributed by atoms with E-state index in [0.29, 0.717) is 29.0 Å². The van der Waals surface area contributed by atoms with Crippen molar-refractivity contribution in [2.75, 3.05) is 21.3 Å². The van der Waals surface area contributed by atoms with Crippen LogP contribution in [0.4, 0.5) is 0 Å². The van der Waals surface area contributed by atoms with Crippen LogP contribution in [0.2, 0.25) is 0 Å². The Morgan fingerprint density at radius 1 is 1.10 bits per heavy atom. The first-order valence-electron chi connectivity index (χ1n) is 10.7. The van der Waals surface area contributed by atoms with Gasteiger partial charge in [0.25, 0.3) is 5.91 Å².